The Morgan fingerprint density at radius 3 is 2.40 bits per heavy atom. The van der Waals surface area contributed by atoms with Crippen molar-refractivity contribution in [2.75, 3.05) is 5.73 Å². The fraction of sp³-hybridized carbons (Fsp3) is 0.167. The highest BCUT2D eigenvalue weighted by Gasteiger charge is 2.05. The molecule has 0 saturated heterocycles. The van der Waals surface area contributed by atoms with E-state index in [2.05, 4.69) is 45.6 Å². The molecule has 2 N–H and O–H groups in total. The van der Waals surface area contributed by atoms with Crippen LogP contribution in [0.4, 0.5) is 5.82 Å². The van der Waals surface area contributed by atoms with E-state index in [1.807, 2.05) is 18.2 Å². The average molecular weight is 265 g/mol. The molecule has 2 aromatic rings. The molecule has 0 bridgehead atoms. The van der Waals surface area contributed by atoms with Crippen molar-refractivity contribution in [2.24, 2.45) is 0 Å². The van der Waals surface area contributed by atoms with E-state index in [1.165, 1.54) is 11.3 Å². The van der Waals surface area contributed by atoms with Crippen molar-refractivity contribution >= 4 is 21.7 Å². The van der Waals surface area contributed by atoms with Gasteiger partial charge < -0.3 is 10.3 Å². The van der Waals surface area contributed by atoms with Gasteiger partial charge in [0.25, 0.3) is 0 Å². The van der Waals surface area contributed by atoms with Crippen molar-refractivity contribution in [1.82, 2.24) is 4.57 Å². The number of nitrogens with zero attached hydrogens (tertiary/aromatic N) is 1. The predicted octanol–water partition coefficient (Wildman–Crippen LogP) is 3.52. The molecule has 2 nitrogen and oxygen atoms in total. The average Bonchev–Trinajstić information content (AvgIpc) is 2.61. The molecule has 0 fully saturated rings. The summed E-state index contributed by atoms with van der Waals surface area (Å²) in [7, 11) is 0. The van der Waals surface area contributed by atoms with Gasteiger partial charge in [-0.15, -0.1) is 0 Å². The molecule has 0 amide bonds. The van der Waals surface area contributed by atoms with E-state index in [0.29, 0.717) is 0 Å². The second-order valence-corrected chi connectivity index (χ2v) is 4.31. The molecule has 0 radical (unpaired) electrons. The quantitative estimate of drug-likeness (QED) is 0.884. The maximum absolute atomic E-state index is 5.87. The number of hydrogen-bond acceptors (Lipinski definition) is 1. The first-order valence-corrected chi connectivity index (χ1v) is 5.72. The van der Waals surface area contributed by atoms with Crippen LogP contribution in [0.25, 0.3) is 11.3 Å². The second-order valence-electron chi connectivity index (χ2n) is 3.39. The second kappa shape index (κ2) is 4.11. The fourth-order valence-electron chi connectivity index (χ4n) is 1.71. The van der Waals surface area contributed by atoms with E-state index in [9.17, 15) is 0 Å². The van der Waals surface area contributed by atoms with Crippen molar-refractivity contribution < 1.29 is 0 Å². The van der Waals surface area contributed by atoms with Crippen LogP contribution in [0.15, 0.2) is 40.9 Å². The van der Waals surface area contributed by atoms with Gasteiger partial charge in [0, 0.05) is 16.7 Å². The Bertz CT molecular complexity index is 457. The summed E-state index contributed by atoms with van der Waals surface area (Å²) in [5, 5.41) is 0. The molecule has 2 rings (SSSR count). The van der Waals surface area contributed by atoms with E-state index >= 15 is 0 Å². The summed E-state index contributed by atoms with van der Waals surface area (Å²) in [4.78, 5) is 0. The molecule has 1 aromatic heterocycles. The summed E-state index contributed by atoms with van der Waals surface area (Å²) in [6, 6.07) is 12.3. The van der Waals surface area contributed by atoms with E-state index in [0.717, 1.165) is 16.8 Å². The van der Waals surface area contributed by atoms with Crippen LogP contribution in [0, 0.1) is 0 Å². The standard InChI is InChI=1S/C12H13BrN2/c1-2-15-11(7-8-12(15)14)9-3-5-10(13)6-4-9/h3-8H,2,14H2,1H3. The molecular formula is C12H13BrN2. The van der Waals surface area contributed by atoms with Crippen LogP contribution in [-0.2, 0) is 6.54 Å². The van der Waals surface area contributed by atoms with Gasteiger partial charge in [0.2, 0.25) is 0 Å². The Morgan fingerprint density at radius 1 is 1.13 bits per heavy atom. The summed E-state index contributed by atoms with van der Waals surface area (Å²) < 4.78 is 3.19. The largest absolute Gasteiger partial charge is 0.385 e. The topological polar surface area (TPSA) is 30.9 Å². The highest BCUT2D eigenvalue weighted by Crippen LogP contribution is 2.25. The highest BCUT2D eigenvalue weighted by atomic mass is 79.9. The van der Waals surface area contributed by atoms with Crippen molar-refractivity contribution in [3.63, 3.8) is 0 Å². The molecule has 0 aliphatic rings. The molecule has 3 heteroatoms. The number of benzene rings is 1. The van der Waals surface area contributed by atoms with Crippen LogP contribution in [-0.4, -0.2) is 4.57 Å². The third-order valence-electron chi connectivity index (χ3n) is 2.47. The lowest BCUT2D eigenvalue weighted by atomic mass is 10.1. The first-order valence-electron chi connectivity index (χ1n) is 4.93. The van der Waals surface area contributed by atoms with Gasteiger partial charge in [-0.25, -0.2) is 0 Å². The van der Waals surface area contributed by atoms with Gasteiger partial charge in [-0.05, 0) is 36.8 Å². The van der Waals surface area contributed by atoms with Crippen LogP contribution >= 0.6 is 15.9 Å². The summed E-state index contributed by atoms with van der Waals surface area (Å²) in [5.41, 5.74) is 8.23. The molecular weight excluding hydrogens is 252 g/mol. The number of nitrogen functional groups attached to an aromatic ring is 1. The minimum Gasteiger partial charge on any atom is -0.385 e. The van der Waals surface area contributed by atoms with Gasteiger partial charge in [-0.1, -0.05) is 28.1 Å². The van der Waals surface area contributed by atoms with Gasteiger partial charge in [0.15, 0.2) is 0 Å². The molecule has 0 aliphatic carbocycles. The Hall–Kier alpha value is -1.22. The monoisotopic (exact) mass is 264 g/mol. The van der Waals surface area contributed by atoms with Crippen LogP contribution < -0.4 is 5.73 Å². The lowest BCUT2D eigenvalue weighted by Crippen LogP contribution is -2.01. The first kappa shape index (κ1) is 10.3. The maximum atomic E-state index is 5.87. The summed E-state index contributed by atoms with van der Waals surface area (Å²) in [6.45, 7) is 2.99. The van der Waals surface area contributed by atoms with Gasteiger partial charge in [0.1, 0.15) is 5.82 Å². The predicted molar refractivity (Wildman–Crippen MR) is 67.7 cm³/mol. The molecule has 1 aromatic carbocycles. The lowest BCUT2D eigenvalue weighted by molar-refractivity contribution is 0.788. The van der Waals surface area contributed by atoms with Crippen molar-refractivity contribution in [3.05, 3.63) is 40.9 Å². The SMILES string of the molecule is CCn1c(N)ccc1-c1ccc(Br)cc1. The van der Waals surface area contributed by atoms with Gasteiger partial charge in [-0.3, -0.25) is 0 Å². The number of anilines is 1. The molecule has 0 spiro atoms. The van der Waals surface area contributed by atoms with E-state index in [1.54, 1.807) is 0 Å². The third kappa shape index (κ3) is 1.92. The molecule has 0 saturated carbocycles. The third-order valence-corrected chi connectivity index (χ3v) is 3.00. The number of rotatable bonds is 2. The van der Waals surface area contributed by atoms with Crippen LogP contribution in [0.2, 0.25) is 0 Å². The normalized spacial score (nSPS) is 10.5. The zero-order valence-corrected chi connectivity index (χ0v) is 10.2. The molecule has 0 aliphatic heterocycles. The van der Waals surface area contributed by atoms with Gasteiger partial charge >= 0.3 is 0 Å². The molecule has 78 valence electrons. The van der Waals surface area contributed by atoms with Crippen molar-refractivity contribution in [1.29, 1.82) is 0 Å². The van der Waals surface area contributed by atoms with Crippen molar-refractivity contribution in [2.45, 2.75) is 13.5 Å². The minimum atomic E-state index is 0.815. The Labute approximate surface area is 97.8 Å². The maximum Gasteiger partial charge on any atom is 0.103 e. The molecule has 0 atom stereocenters. The van der Waals surface area contributed by atoms with Gasteiger partial charge in [-0.2, -0.15) is 0 Å². The Morgan fingerprint density at radius 2 is 1.80 bits per heavy atom. The molecule has 0 unspecified atom stereocenters. The lowest BCUT2D eigenvalue weighted by Gasteiger charge is -2.08. The van der Waals surface area contributed by atoms with Crippen LogP contribution in [0.5, 0.6) is 0 Å². The minimum absolute atomic E-state index is 0.815. The Kier molecular flexibility index (Phi) is 2.82. The first-order chi connectivity index (χ1) is 7.22. The van der Waals surface area contributed by atoms with E-state index in [4.69, 9.17) is 5.73 Å². The zero-order chi connectivity index (χ0) is 10.8. The van der Waals surface area contributed by atoms with Crippen molar-refractivity contribution in [3.8, 4) is 11.3 Å². The summed E-state index contributed by atoms with van der Waals surface area (Å²) >= 11 is 3.43. The zero-order valence-electron chi connectivity index (χ0n) is 8.57. The van der Waals surface area contributed by atoms with E-state index < -0.39 is 0 Å². The molecule has 1 heterocycles. The van der Waals surface area contributed by atoms with E-state index in [-0.39, 0.29) is 0 Å². The summed E-state index contributed by atoms with van der Waals surface area (Å²) in [6.07, 6.45) is 0. The number of aromatic nitrogens is 1. The highest BCUT2D eigenvalue weighted by molar-refractivity contribution is 9.10. The van der Waals surface area contributed by atoms with Crippen LogP contribution in [0.3, 0.4) is 0 Å². The Balaban J connectivity index is 2.49. The van der Waals surface area contributed by atoms with Crippen LogP contribution in [0.1, 0.15) is 6.92 Å². The number of hydrogen-bond donors (Lipinski definition) is 1. The van der Waals surface area contributed by atoms with Gasteiger partial charge in [0.05, 0.1) is 0 Å². The smallest absolute Gasteiger partial charge is 0.103 e. The number of nitrogens with two attached hydrogens (primary N) is 1. The molecule has 15 heavy (non-hydrogen) atoms. The summed E-state index contributed by atoms with van der Waals surface area (Å²) in [5.74, 6) is 0.815. The fourth-order valence-corrected chi connectivity index (χ4v) is 1.97. The number of halogens is 1.